The Morgan fingerprint density at radius 3 is 0.714 bits per heavy atom. The van der Waals surface area contributed by atoms with E-state index in [2.05, 4.69) is 52.0 Å². The molecule has 17 nitrogen and oxygen atoms in total. The zero-order valence-corrected chi connectivity index (χ0v) is 65.0. The van der Waals surface area contributed by atoms with E-state index in [-0.39, 0.29) is 25.7 Å². The third kappa shape index (κ3) is 71.9. The van der Waals surface area contributed by atoms with Gasteiger partial charge in [-0.3, -0.25) is 37.3 Å². The Balaban J connectivity index is 5.29. The molecule has 98 heavy (non-hydrogen) atoms. The number of carbonyl (C=O) groups excluding carboxylic acids is 4. The zero-order valence-electron chi connectivity index (χ0n) is 63.2. The van der Waals surface area contributed by atoms with Crippen molar-refractivity contribution in [3.63, 3.8) is 0 Å². The molecule has 0 radical (unpaired) electrons. The van der Waals surface area contributed by atoms with Crippen molar-refractivity contribution in [2.24, 2.45) is 0 Å². The van der Waals surface area contributed by atoms with E-state index in [1.807, 2.05) is 0 Å². The average molecular weight is 1430 g/mol. The van der Waals surface area contributed by atoms with Gasteiger partial charge in [-0.05, 0) is 77.0 Å². The summed E-state index contributed by atoms with van der Waals surface area (Å²) in [6.07, 6.45) is 67.1. The maximum Gasteiger partial charge on any atom is 0.472 e. The third-order valence-electron chi connectivity index (χ3n) is 17.9. The molecule has 0 saturated heterocycles. The molecule has 3 N–H and O–H groups in total. The molecule has 0 aliphatic heterocycles. The van der Waals surface area contributed by atoms with Gasteiger partial charge in [0.15, 0.2) is 12.2 Å². The van der Waals surface area contributed by atoms with Crippen molar-refractivity contribution in [1.29, 1.82) is 0 Å². The van der Waals surface area contributed by atoms with E-state index in [1.54, 1.807) is 0 Å². The highest BCUT2D eigenvalue weighted by atomic mass is 31.2. The van der Waals surface area contributed by atoms with Gasteiger partial charge in [0.05, 0.1) is 26.4 Å². The molecule has 0 aromatic heterocycles. The fourth-order valence-electron chi connectivity index (χ4n) is 11.7. The van der Waals surface area contributed by atoms with Gasteiger partial charge < -0.3 is 33.8 Å². The van der Waals surface area contributed by atoms with Gasteiger partial charge in [-0.1, -0.05) is 322 Å². The van der Waals surface area contributed by atoms with E-state index in [9.17, 15) is 43.2 Å². The van der Waals surface area contributed by atoms with Gasteiger partial charge in [0.2, 0.25) is 0 Å². The predicted molar refractivity (Wildman–Crippen MR) is 400 cm³/mol. The molecule has 578 valence electrons. The lowest BCUT2D eigenvalue weighted by molar-refractivity contribution is -0.161. The van der Waals surface area contributed by atoms with Crippen molar-refractivity contribution < 1.29 is 80.2 Å². The summed E-state index contributed by atoms with van der Waals surface area (Å²) in [7, 11) is -9.93. The summed E-state index contributed by atoms with van der Waals surface area (Å²) in [5, 5.41) is 10.6. The first-order valence-electron chi connectivity index (χ1n) is 40.6. The van der Waals surface area contributed by atoms with Crippen molar-refractivity contribution in [2.45, 2.75) is 418 Å². The van der Waals surface area contributed by atoms with Crippen molar-refractivity contribution in [3.8, 4) is 0 Å². The second kappa shape index (κ2) is 72.9. The first kappa shape index (κ1) is 95.5. The SMILES string of the molecule is CCCCCC/C=C\CCCCCCCCCC(=O)OC[C@H](COP(=O)(O)OC[C@@H](O)COP(=O)(O)OC[C@@H](COC(=O)CCCCCCCCCCCCCCC)OC(=O)CCCCCCCCCCCCCCCCC)OC(=O)CCCCCCCCC/C=C\CCCCCC. The molecule has 0 aliphatic carbocycles. The number of hydrogen-bond acceptors (Lipinski definition) is 15. The minimum Gasteiger partial charge on any atom is -0.462 e. The minimum atomic E-state index is -4.96. The Hall–Kier alpha value is -2.46. The number of esters is 4. The Morgan fingerprint density at radius 2 is 0.469 bits per heavy atom. The smallest absolute Gasteiger partial charge is 0.462 e. The topological polar surface area (TPSA) is 237 Å². The van der Waals surface area contributed by atoms with Crippen LogP contribution in [0, 0.1) is 0 Å². The summed E-state index contributed by atoms with van der Waals surface area (Å²) in [5.41, 5.74) is 0. The highest BCUT2D eigenvalue weighted by Crippen LogP contribution is 2.45. The summed E-state index contributed by atoms with van der Waals surface area (Å²) in [4.78, 5) is 73.0. The van der Waals surface area contributed by atoms with Crippen molar-refractivity contribution in [3.05, 3.63) is 24.3 Å². The molecule has 0 aromatic rings. The number of aliphatic hydroxyl groups is 1. The molecule has 0 rings (SSSR count). The van der Waals surface area contributed by atoms with Crippen LogP contribution in [0.1, 0.15) is 400 Å². The summed E-state index contributed by atoms with van der Waals surface area (Å²) in [6, 6.07) is 0. The largest absolute Gasteiger partial charge is 0.472 e. The Labute approximate surface area is 599 Å². The van der Waals surface area contributed by atoms with Crippen LogP contribution in [0.4, 0.5) is 0 Å². The summed E-state index contributed by atoms with van der Waals surface area (Å²) in [5.74, 6) is -2.13. The number of phosphoric ester groups is 2. The van der Waals surface area contributed by atoms with E-state index in [0.717, 1.165) is 135 Å². The molecular weight excluding hydrogens is 1280 g/mol. The summed E-state index contributed by atoms with van der Waals surface area (Å²) >= 11 is 0. The molecule has 0 amide bonds. The maximum atomic E-state index is 13.1. The fraction of sp³-hybridized carbons (Fsp3) is 0.899. The van der Waals surface area contributed by atoms with Gasteiger partial charge in [0.25, 0.3) is 0 Å². The molecular formula is C79H150O17P2. The van der Waals surface area contributed by atoms with E-state index in [1.165, 1.54) is 186 Å². The molecule has 0 saturated carbocycles. The normalized spacial score (nSPS) is 14.0. The first-order chi connectivity index (χ1) is 47.7. The van der Waals surface area contributed by atoms with E-state index < -0.39 is 97.5 Å². The van der Waals surface area contributed by atoms with Gasteiger partial charge in [-0.2, -0.15) is 0 Å². The first-order valence-corrected chi connectivity index (χ1v) is 43.6. The standard InChI is InChI=1S/C79H150O17P2/c1-5-9-13-17-21-25-29-33-36-40-44-48-52-56-60-64-77(82)90-70-75(96-79(84)66-62-58-54-50-46-42-38-35-31-27-23-19-15-11-7-3)72-94-98(87,88)92-68-73(80)67-91-97(85,86)93-71-74(69-89-76(81)63-59-55-51-47-43-39-32-28-24-20-16-12-8-4)95-78(83)65-61-57-53-49-45-41-37-34-30-26-22-18-14-10-6-2/h25,27,29,31,73-75,80H,5-24,26,28,30,32-72H2,1-4H3,(H,85,86)(H,87,88)/b29-25-,31-27-/t73-,74+,75+/m0/s1. The third-order valence-corrected chi connectivity index (χ3v) is 19.8. The molecule has 5 atom stereocenters. The van der Waals surface area contributed by atoms with Crippen LogP contribution in [0.5, 0.6) is 0 Å². The van der Waals surface area contributed by atoms with Gasteiger partial charge in [0, 0.05) is 25.7 Å². The number of hydrogen-bond donors (Lipinski definition) is 3. The molecule has 2 unspecified atom stereocenters. The van der Waals surface area contributed by atoms with Crippen LogP contribution in [0.3, 0.4) is 0 Å². The van der Waals surface area contributed by atoms with Gasteiger partial charge in [-0.15, -0.1) is 0 Å². The highest BCUT2D eigenvalue weighted by molar-refractivity contribution is 7.47. The van der Waals surface area contributed by atoms with Crippen LogP contribution in [0.15, 0.2) is 24.3 Å². The molecule has 0 aromatic carbocycles. The van der Waals surface area contributed by atoms with Crippen LogP contribution in [0.25, 0.3) is 0 Å². The average Bonchev–Trinajstić information content (AvgIpc) is 1.04. The van der Waals surface area contributed by atoms with Gasteiger partial charge in [-0.25, -0.2) is 9.13 Å². The minimum absolute atomic E-state index is 0.0969. The molecule has 0 aliphatic rings. The predicted octanol–water partition coefficient (Wildman–Crippen LogP) is 23.3. The molecule has 19 heteroatoms. The van der Waals surface area contributed by atoms with E-state index in [4.69, 9.17) is 37.0 Å². The van der Waals surface area contributed by atoms with Crippen molar-refractivity contribution in [2.75, 3.05) is 39.6 Å². The second-order valence-corrected chi connectivity index (χ2v) is 30.6. The number of allylic oxidation sites excluding steroid dienone is 4. The van der Waals surface area contributed by atoms with Gasteiger partial charge in [0.1, 0.15) is 19.3 Å². The summed E-state index contributed by atoms with van der Waals surface area (Å²) < 4.78 is 68.6. The van der Waals surface area contributed by atoms with Gasteiger partial charge >= 0.3 is 39.5 Å². The zero-order chi connectivity index (χ0) is 71.8. The monoisotopic (exact) mass is 1430 g/mol. The summed E-state index contributed by atoms with van der Waals surface area (Å²) in [6.45, 7) is 4.95. The molecule has 0 bridgehead atoms. The number of carbonyl (C=O) groups is 4. The lowest BCUT2D eigenvalue weighted by Crippen LogP contribution is -2.30. The Morgan fingerprint density at radius 1 is 0.276 bits per heavy atom. The number of ether oxygens (including phenoxy) is 4. The molecule has 0 fully saturated rings. The molecule has 0 heterocycles. The van der Waals surface area contributed by atoms with E-state index >= 15 is 0 Å². The lowest BCUT2D eigenvalue weighted by Gasteiger charge is -2.21. The van der Waals surface area contributed by atoms with Crippen LogP contribution >= 0.6 is 15.6 Å². The quantitative estimate of drug-likeness (QED) is 0.0169. The number of unbranched alkanes of at least 4 members (excludes halogenated alkanes) is 48. The Kier molecular flexibility index (Phi) is 71.0. The van der Waals surface area contributed by atoms with Crippen molar-refractivity contribution in [1.82, 2.24) is 0 Å². The second-order valence-electron chi connectivity index (χ2n) is 27.7. The van der Waals surface area contributed by atoms with Crippen molar-refractivity contribution >= 4 is 39.5 Å². The van der Waals surface area contributed by atoms with Crippen LogP contribution in [0.2, 0.25) is 0 Å². The van der Waals surface area contributed by atoms with Crippen LogP contribution in [-0.4, -0.2) is 96.7 Å². The van der Waals surface area contributed by atoms with Crippen LogP contribution in [-0.2, 0) is 65.4 Å². The fourth-order valence-corrected chi connectivity index (χ4v) is 13.3. The lowest BCUT2D eigenvalue weighted by atomic mass is 10.0. The number of rotatable bonds is 78. The Bertz CT molecular complexity index is 1950. The molecule has 0 spiro atoms. The maximum absolute atomic E-state index is 13.1. The highest BCUT2D eigenvalue weighted by Gasteiger charge is 2.30. The number of aliphatic hydroxyl groups excluding tert-OH is 1. The van der Waals surface area contributed by atoms with Crippen LogP contribution < -0.4 is 0 Å². The van der Waals surface area contributed by atoms with E-state index in [0.29, 0.717) is 25.7 Å². The number of phosphoric acid groups is 2.